The predicted molar refractivity (Wildman–Crippen MR) is 78.9 cm³/mol. The lowest BCUT2D eigenvalue weighted by Gasteiger charge is -2.14. The quantitative estimate of drug-likeness (QED) is 0.798. The van der Waals surface area contributed by atoms with Gasteiger partial charge < -0.3 is 14.6 Å². The highest BCUT2D eigenvalue weighted by Gasteiger charge is 2.31. The van der Waals surface area contributed by atoms with E-state index in [1.54, 1.807) is 0 Å². The van der Waals surface area contributed by atoms with E-state index in [1.807, 2.05) is 0 Å². The molecule has 0 amide bonds. The second kappa shape index (κ2) is 6.43. The minimum Gasteiger partial charge on any atom is -0.543 e. The Morgan fingerprint density at radius 2 is 2.12 bits per heavy atom. The summed E-state index contributed by atoms with van der Waals surface area (Å²) in [5.74, 6) is -0.573. The Hall–Kier alpha value is -2.09. The summed E-state index contributed by atoms with van der Waals surface area (Å²) in [6.07, 6.45) is -2.25. The highest BCUT2D eigenvalue weighted by atomic mass is 32.1. The van der Waals surface area contributed by atoms with E-state index in [2.05, 4.69) is 4.98 Å². The molecule has 1 saturated carbocycles. The zero-order valence-electron chi connectivity index (χ0n) is 12.4. The van der Waals surface area contributed by atoms with Crippen LogP contribution in [0.2, 0.25) is 0 Å². The van der Waals surface area contributed by atoms with E-state index < -0.39 is 17.7 Å². The van der Waals surface area contributed by atoms with Crippen LogP contribution in [0.4, 0.5) is 13.2 Å². The number of thiazole rings is 1. The third kappa shape index (κ3) is 4.05. The Bertz CT molecular complexity index is 753. The second-order valence-electron chi connectivity index (χ2n) is 5.67. The minimum absolute atomic E-state index is 0.0713. The van der Waals surface area contributed by atoms with E-state index in [9.17, 15) is 23.1 Å². The number of benzene rings is 1. The van der Waals surface area contributed by atoms with Crippen molar-refractivity contribution in [3.63, 3.8) is 0 Å². The monoisotopic (exact) mass is 356 g/mol. The maximum Gasteiger partial charge on any atom is 0.416 e. The number of carbonyl (C=O) groups excluding carboxylic acids is 1. The van der Waals surface area contributed by atoms with Crippen LogP contribution in [0.25, 0.3) is 0 Å². The van der Waals surface area contributed by atoms with E-state index in [4.69, 9.17) is 4.74 Å². The topological polar surface area (TPSA) is 62.2 Å². The van der Waals surface area contributed by atoms with Gasteiger partial charge >= 0.3 is 6.18 Å². The smallest absolute Gasteiger partial charge is 0.416 e. The lowest BCUT2D eigenvalue weighted by atomic mass is 10.1. The van der Waals surface area contributed by atoms with Crippen LogP contribution in [0, 0.1) is 5.92 Å². The largest absolute Gasteiger partial charge is 0.543 e. The number of hydrogen-bond donors (Lipinski definition) is 0. The summed E-state index contributed by atoms with van der Waals surface area (Å²) in [7, 11) is 0. The van der Waals surface area contributed by atoms with E-state index in [0.29, 0.717) is 28.8 Å². The molecule has 3 rings (SSSR count). The SMILES string of the molecule is O=C([O-])c1csc(Cc2cc(C(F)(F)F)ccc2OCC2CC2)n1. The molecule has 0 saturated heterocycles. The number of hydrogen-bond acceptors (Lipinski definition) is 5. The molecular weight excluding hydrogens is 343 g/mol. The number of ether oxygens (including phenoxy) is 1. The summed E-state index contributed by atoms with van der Waals surface area (Å²) >= 11 is 1.06. The van der Waals surface area contributed by atoms with Crippen molar-refractivity contribution >= 4 is 17.3 Å². The average molecular weight is 356 g/mol. The fourth-order valence-corrected chi connectivity index (χ4v) is 2.96. The minimum atomic E-state index is -4.46. The molecule has 128 valence electrons. The molecule has 1 aromatic carbocycles. The summed E-state index contributed by atoms with van der Waals surface area (Å²) in [6, 6.07) is 3.33. The van der Waals surface area contributed by atoms with Crippen LogP contribution in [0.15, 0.2) is 23.6 Å². The molecule has 24 heavy (non-hydrogen) atoms. The highest BCUT2D eigenvalue weighted by molar-refractivity contribution is 7.09. The third-order valence-electron chi connectivity index (χ3n) is 3.66. The number of alkyl halides is 3. The fourth-order valence-electron chi connectivity index (χ4n) is 2.18. The molecule has 0 bridgehead atoms. The summed E-state index contributed by atoms with van der Waals surface area (Å²) < 4.78 is 44.4. The zero-order valence-corrected chi connectivity index (χ0v) is 13.2. The first-order valence-electron chi connectivity index (χ1n) is 7.31. The molecule has 8 heteroatoms. The molecule has 0 aliphatic heterocycles. The van der Waals surface area contributed by atoms with Gasteiger partial charge in [0.25, 0.3) is 0 Å². The van der Waals surface area contributed by atoms with Gasteiger partial charge in [0.2, 0.25) is 0 Å². The molecule has 1 aromatic heterocycles. The molecular formula is C16H13F3NO3S-. The van der Waals surface area contributed by atoms with E-state index in [0.717, 1.165) is 36.3 Å². The van der Waals surface area contributed by atoms with Gasteiger partial charge in [0.05, 0.1) is 28.8 Å². The Morgan fingerprint density at radius 3 is 2.71 bits per heavy atom. The van der Waals surface area contributed by atoms with Crippen LogP contribution in [0.1, 0.15) is 39.5 Å². The van der Waals surface area contributed by atoms with Crippen LogP contribution in [0.3, 0.4) is 0 Å². The number of aromatic carboxylic acids is 1. The number of halogens is 3. The Balaban J connectivity index is 1.86. The molecule has 1 heterocycles. The molecule has 4 nitrogen and oxygen atoms in total. The van der Waals surface area contributed by atoms with Gasteiger partial charge in [-0.3, -0.25) is 0 Å². The zero-order chi connectivity index (χ0) is 17.3. The van der Waals surface area contributed by atoms with Crippen molar-refractivity contribution in [2.75, 3.05) is 6.61 Å². The molecule has 1 aliphatic rings. The molecule has 0 spiro atoms. The number of rotatable bonds is 6. The molecule has 0 N–H and O–H groups in total. The van der Waals surface area contributed by atoms with Gasteiger partial charge in [-0.25, -0.2) is 4.98 Å². The van der Waals surface area contributed by atoms with Gasteiger partial charge in [-0.1, -0.05) is 0 Å². The number of carboxylic acids is 1. The summed E-state index contributed by atoms with van der Waals surface area (Å²) in [5.41, 5.74) is -0.653. The highest BCUT2D eigenvalue weighted by Crippen LogP contribution is 2.35. The average Bonchev–Trinajstić information content (AvgIpc) is 3.22. The molecule has 0 atom stereocenters. The summed E-state index contributed by atoms with van der Waals surface area (Å²) in [6.45, 7) is 0.473. The van der Waals surface area contributed by atoms with Gasteiger partial charge in [0.1, 0.15) is 5.75 Å². The lowest BCUT2D eigenvalue weighted by Crippen LogP contribution is -2.22. The maximum atomic E-state index is 12.9. The first-order chi connectivity index (χ1) is 11.3. The third-order valence-corrected chi connectivity index (χ3v) is 4.51. The first-order valence-corrected chi connectivity index (χ1v) is 8.19. The van der Waals surface area contributed by atoms with E-state index in [1.165, 1.54) is 11.4 Å². The van der Waals surface area contributed by atoms with Crippen LogP contribution in [-0.2, 0) is 12.6 Å². The van der Waals surface area contributed by atoms with Crippen LogP contribution in [-0.4, -0.2) is 17.6 Å². The molecule has 2 aromatic rings. The van der Waals surface area contributed by atoms with E-state index in [-0.39, 0.29) is 12.1 Å². The van der Waals surface area contributed by atoms with Gasteiger partial charge in [0.15, 0.2) is 0 Å². The normalized spacial score (nSPS) is 14.6. The van der Waals surface area contributed by atoms with Crippen molar-refractivity contribution in [3.8, 4) is 5.75 Å². The second-order valence-corrected chi connectivity index (χ2v) is 6.61. The van der Waals surface area contributed by atoms with Crippen LogP contribution >= 0.6 is 11.3 Å². The van der Waals surface area contributed by atoms with Gasteiger partial charge in [-0.2, -0.15) is 13.2 Å². The Labute approximate surface area is 139 Å². The van der Waals surface area contributed by atoms with Gasteiger partial charge in [-0.05, 0) is 37.0 Å². The van der Waals surface area contributed by atoms with Crippen LogP contribution < -0.4 is 9.84 Å². The molecule has 1 fully saturated rings. The van der Waals surface area contributed by atoms with Crippen molar-refractivity contribution in [2.24, 2.45) is 5.92 Å². The van der Waals surface area contributed by atoms with Crippen molar-refractivity contribution < 1.29 is 27.8 Å². The van der Waals surface area contributed by atoms with Gasteiger partial charge in [-0.15, -0.1) is 11.3 Å². The van der Waals surface area contributed by atoms with E-state index >= 15 is 0 Å². The molecule has 0 unspecified atom stereocenters. The van der Waals surface area contributed by atoms with Crippen molar-refractivity contribution in [2.45, 2.75) is 25.4 Å². The first kappa shape index (κ1) is 16.8. The van der Waals surface area contributed by atoms with Gasteiger partial charge in [0, 0.05) is 17.4 Å². The standard InChI is InChI=1S/C16H14F3NO3S/c17-16(18,19)11-3-4-13(23-7-9-1-2-9)10(5-11)6-14-20-12(8-24-14)15(21)22/h3-5,8-9H,1-2,6-7H2,(H,21,22)/p-1. The summed E-state index contributed by atoms with van der Waals surface area (Å²) in [5, 5.41) is 12.5. The number of nitrogens with zero attached hydrogens (tertiary/aromatic N) is 1. The lowest BCUT2D eigenvalue weighted by molar-refractivity contribution is -0.255. The Morgan fingerprint density at radius 1 is 1.38 bits per heavy atom. The fraction of sp³-hybridized carbons (Fsp3) is 0.375. The number of aromatic nitrogens is 1. The van der Waals surface area contributed by atoms with Crippen LogP contribution in [0.5, 0.6) is 5.75 Å². The number of carboxylic acid groups (broad SMARTS) is 1. The predicted octanol–water partition coefficient (Wildman–Crippen LogP) is 2.91. The van der Waals surface area contributed by atoms with Crippen molar-refractivity contribution in [1.82, 2.24) is 4.98 Å². The molecule has 1 aliphatic carbocycles. The van der Waals surface area contributed by atoms with Crippen molar-refractivity contribution in [1.29, 1.82) is 0 Å². The summed E-state index contributed by atoms with van der Waals surface area (Å²) in [4.78, 5) is 14.6. The Kier molecular flexibility index (Phi) is 4.49. The molecule has 0 radical (unpaired) electrons. The van der Waals surface area contributed by atoms with Crippen molar-refractivity contribution in [3.05, 3.63) is 45.4 Å². The maximum absolute atomic E-state index is 12.9. The number of carbonyl (C=O) groups is 1.